The Morgan fingerprint density at radius 1 is 1.25 bits per heavy atom. The summed E-state index contributed by atoms with van der Waals surface area (Å²) in [6, 6.07) is 6.12. The molecule has 0 radical (unpaired) electrons. The summed E-state index contributed by atoms with van der Waals surface area (Å²) < 4.78 is 5.35. The van der Waals surface area contributed by atoms with E-state index in [0.717, 1.165) is 25.4 Å². The Morgan fingerprint density at radius 2 is 2.05 bits per heavy atom. The van der Waals surface area contributed by atoms with Crippen LogP contribution in [-0.2, 0) is 0 Å². The SMILES string of the molecule is COc1cc(N2CCCNC3(CCCC3)C2)ccc1Cl. The number of ether oxygens (including phenoxy) is 1. The third-order valence-electron chi connectivity index (χ3n) is 4.66. The van der Waals surface area contributed by atoms with Gasteiger partial charge in [-0.25, -0.2) is 0 Å². The topological polar surface area (TPSA) is 24.5 Å². The number of nitrogens with zero attached hydrogens (tertiary/aromatic N) is 1. The minimum atomic E-state index is 0.323. The van der Waals surface area contributed by atoms with E-state index in [-0.39, 0.29) is 0 Å². The number of methoxy groups -OCH3 is 1. The quantitative estimate of drug-likeness (QED) is 0.904. The van der Waals surface area contributed by atoms with E-state index in [4.69, 9.17) is 16.3 Å². The fourth-order valence-corrected chi connectivity index (χ4v) is 3.77. The van der Waals surface area contributed by atoms with Gasteiger partial charge in [0.1, 0.15) is 5.75 Å². The first-order chi connectivity index (χ1) is 9.72. The van der Waals surface area contributed by atoms with Crippen molar-refractivity contribution in [3.8, 4) is 5.75 Å². The number of nitrogens with one attached hydrogen (secondary N) is 1. The number of hydrogen-bond donors (Lipinski definition) is 1. The molecule has 110 valence electrons. The van der Waals surface area contributed by atoms with Gasteiger partial charge in [-0.1, -0.05) is 24.4 Å². The highest BCUT2D eigenvalue weighted by molar-refractivity contribution is 6.32. The number of rotatable bonds is 2. The molecule has 0 atom stereocenters. The van der Waals surface area contributed by atoms with Crippen LogP contribution in [0, 0.1) is 0 Å². The van der Waals surface area contributed by atoms with Crippen LogP contribution in [0.15, 0.2) is 18.2 Å². The van der Waals surface area contributed by atoms with Gasteiger partial charge in [0.05, 0.1) is 12.1 Å². The molecule has 0 unspecified atom stereocenters. The van der Waals surface area contributed by atoms with Crippen molar-refractivity contribution in [3.63, 3.8) is 0 Å². The van der Waals surface area contributed by atoms with Gasteiger partial charge in [-0.05, 0) is 37.9 Å². The van der Waals surface area contributed by atoms with Crippen molar-refractivity contribution >= 4 is 17.3 Å². The Bertz CT molecular complexity index is 472. The van der Waals surface area contributed by atoms with Crippen molar-refractivity contribution in [2.24, 2.45) is 0 Å². The molecule has 0 amide bonds. The minimum Gasteiger partial charge on any atom is -0.495 e. The molecule has 1 aliphatic carbocycles. The van der Waals surface area contributed by atoms with Gasteiger partial charge in [0.25, 0.3) is 0 Å². The maximum Gasteiger partial charge on any atom is 0.139 e. The third-order valence-corrected chi connectivity index (χ3v) is 4.97. The van der Waals surface area contributed by atoms with Gasteiger partial charge in [-0.2, -0.15) is 0 Å². The van der Waals surface area contributed by atoms with Crippen LogP contribution in [0.5, 0.6) is 5.75 Å². The predicted molar refractivity (Wildman–Crippen MR) is 84.0 cm³/mol. The maximum atomic E-state index is 6.13. The minimum absolute atomic E-state index is 0.323. The molecule has 0 aromatic heterocycles. The molecule has 3 rings (SSSR count). The van der Waals surface area contributed by atoms with E-state index in [1.54, 1.807) is 7.11 Å². The van der Waals surface area contributed by atoms with Gasteiger partial charge in [0, 0.05) is 30.4 Å². The number of benzene rings is 1. The Labute approximate surface area is 126 Å². The summed E-state index contributed by atoms with van der Waals surface area (Å²) in [4.78, 5) is 2.49. The second-order valence-electron chi connectivity index (χ2n) is 6.01. The van der Waals surface area contributed by atoms with Crippen LogP contribution in [0.4, 0.5) is 5.69 Å². The zero-order chi connectivity index (χ0) is 14.0. The summed E-state index contributed by atoms with van der Waals surface area (Å²) in [6.07, 6.45) is 6.49. The lowest BCUT2D eigenvalue weighted by atomic mass is 9.97. The van der Waals surface area contributed by atoms with Crippen LogP contribution in [0.3, 0.4) is 0 Å². The molecule has 1 heterocycles. The van der Waals surface area contributed by atoms with Gasteiger partial charge in [0.2, 0.25) is 0 Å². The van der Waals surface area contributed by atoms with Crippen molar-refractivity contribution < 1.29 is 4.74 Å². The van der Waals surface area contributed by atoms with Crippen LogP contribution in [-0.4, -0.2) is 32.3 Å². The standard InChI is InChI=1S/C16H23ClN2O/c1-20-15-11-13(5-6-14(15)17)19-10-4-9-18-16(12-19)7-2-3-8-16/h5-6,11,18H,2-4,7-10,12H2,1H3. The lowest BCUT2D eigenvalue weighted by Gasteiger charge is -2.34. The highest BCUT2D eigenvalue weighted by atomic mass is 35.5. The highest BCUT2D eigenvalue weighted by Crippen LogP contribution is 2.35. The molecule has 1 saturated heterocycles. The Morgan fingerprint density at radius 3 is 2.80 bits per heavy atom. The largest absolute Gasteiger partial charge is 0.495 e. The Balaban J connectivity index is 1.84. The summed E-state index contributed by atoms with van der Waals surface area (Å²) in [5, 5.41) is 4.48. The molecule has 1 aromatic rings. The summed E-state index contributed by atoms with van der Waals surface area (Å²) in [5.41, 5.74) is 1.55. The van der Waals surface area contributed by atoms with E-state index in [1.165, 1.54) is 37.8 Å². The lowest BCUT2D eigenvalue weighted by Crippen LogP contribution is -2.49. The fourth-order valence-electron chi connectivity index (χ4n) is 3.58. The van der Waals surface area contributed by atoms with Crippen molar-refractivity contribution in [2.45, 2.75) is 37.6 Å². The molecular weight excluding hydrogens is 272 g/mol. The molecule has 2 aliphatic rings. The normalized spacial score (nSPS) is 22.0. The second kappa shape index (κ2) is 5.82. The maximum absolute atomic E-state index is 6.13. The molecule has 2 fully saturated rings. The lowest BCUT2D eigenvalue weighted by molar-refractivity contribution is 0.354. The first-order valence-corrected chi connectivity index (χ1v) is 7.94. The molecule has 0 bridgehead atoms. The average molecular weight is 295 g/mol. The van der Waals surface area contributed by atoms with Crippen LogP contribution in [0.25, 0.3) is 0 Å². The summed E-state index contributed by atoms with van der Waals surface area (Å²) >= 11 is 6.13. The molecule has 4 heteroatoms. The Hall–Kier alpha value is -0.930. The predicted octanol–water partition coefficient (Wildman–Crippen LogP) is 3.46. The number of anilines is 1. The summed E-state index contributed by atoms with van der Waals surface area (Å²) in [7, 11) is 1.67. The van der Waals surface area contributed by atoms with Crippen LogP contribution < -0.4 is 15.0 Å². The zero-order valence-electron chi connectivity index (χ0n) is 12.1. The molecular formula is C16H23ClN2O. The van der Waals surface area contributed by atoms with Gasteiger partial charge >= 0.3 is 0 Å². The number of hydrogen-bond acceptors (Lipinski definition) is 3. The third kappa shape index (κ3) is 2.75. The number of halogens is 1. The molecule has 1 aromatic carbocycles. The van der Waals surface area contributed by atoms with E-state index in [1.807, 2.05) is 6.07 Å². The molecule has 3 nitrogen and oxygen atoms in total. The van der Waals surface area contributed by atoms with Crippen LogP contribution >= 0.6 is 11.6 Å². The Kier molecular flexibility index (Phi) is 4.08. The molecule has 1 aliphatic heterocycles. The first kappa shape index (κ1) is 14.0. The van der Waals surface area contributed by atoms with E-state index in [9.17, 15) is 0 Å². The zero-order valence-corrected chi connectivity index (χ0v) is 12.9. The average Bonchev–Trinajstić information content (AvgIpc) is 2.80. The van der Waals surface area contributed by atoms with Gasteiger partial charge in [-0.15, -0.1) is 0 Å². The molecule has 1 spiro atoms. The summed E-state index contributed by atoms with van der Waals surface area (Å²) in [6.45, 7) is 3.32. The smallest absolute Gasteiger partial charge is 0.139 e. The molecule has 1 saturated carbocycles. The van der Waals surface area contributed by atoms with Crippen LogP contribution in [0.1, 0.15) is 32.1 Å². The van der Waals surface area contributed by atoms with Gasteiger partial charge in [-0.3, -0.25) is 0 Å². The first-order valence-electron chi connectivity index (χ1n) is 7.56. The second-order valence-corrected chi connectivity index (χ2v) is 6.42. The van der Waals surface area contributed by atoms with E-state index >= 15 is 0 Å². The van der Waals surface area contributed by atoms with E-state index < -0.39 is 0 Å². The fraction of sp³-hybridized carbons (Fsp3) is 0.625. The molecule has 1 N–H and O–H groups in total. The van der Waals surface area contributed by atoms with Crippen LogP contribution in [0.2, 0.25) is 5.02 Å². The van der Waals surface area contributed by atoms with Gasteiger partial charge < -0.3 is 15.0 Å². The highest BCUT2D eigenvalue weighted by Gasteiger charge is 2.36. The van der Waals surface area contributed by atoms with E-state index in [0.29, 0.717) is 10.6 Å². The monoisotopic (exact) mass is 294 g/mol. The summed E-state index contributed by atoms with van der Waals surface area (Å²) in [5.74, 6) is 0.766. The van der Waals surface area contributed by atoms with Crippen molar-refractivity contribution in [3.05, 3.63) is 23.2 Å². The van der Waals surface area contributed by atoms with Crippen molar-refractivity contribution in [1.29, 1.82) is 0 Å². The van der Waals surface area contributed by atoms with Gasteiger partial charge in [0.15, 0.2) is 0 Å². The van der Waals surface area contributed by atoms with E-state index in [2.05, 4.69) is 22.3 Å². The van der Waals surface area contributed by atoms with Crippen molar-refractivity contribution in [1.82, 2.24) is 5.32 Å². The van der Waals surface area contributed by atoms with Crippen molar-refractivity contribution in [2.75, 3.05) is 31.6 Å². The molecule has 20 heavy (non-hydrogen) atoms.